The fourth-order valence-electron chi connectivity index (χ4n) is 3.53. The van der Waals surface area contributed by atoms with Crippen LogP contribution in [0.3, 0.4) is 0 Å². The second-order valence-electron chi connectivity index (χ2n) is 6.56. The van der Waals surface area contributed by atoms with E-state index in [0.29, 0.717) is 18.6 Å². The molecule has 2 aromatic carbocycles. The monoisotopic (exact) mass is 427 g/mol. The van der Waals surface area contributed by atoms with E-state index in [1.54, 1.807) is 18.2 Å². The lowest BCUT2D eigenvalue weighted by Gasteiger charge is -2.16. The minimum atomic E-state index is -4.81. The highest BCUT2D eigenvalue weighted by molar-refractivity contribution is 6.32. The van der Waals surface area contributed by atoms with Crippen LogP contribution in [0, 0.1) is 0 Å². The molecule has 0 saturated carbocycles. The molecule has 1 N–H and O–H groups in total. The van der Waals surface area contributed by atoms with Crippen molar-refractivity contribution in [2.75, 3.05) is 0 Å². The highest BCUT2D eigenvalue weighted by atomic mass is 35.5. The van der Waals surface area contributed by atoms with Gasteiger partial charge in [0.2, 0.25) is 0 Å². The lowest BCUT2D eigenvalue weighted by molar-refractivity contribution is -0.274. The molecule has 2 aliphatic rings. The molecule has 0 bridgehead atoms. The number of carbonyl (C=O) groups excluding carboxylic acids is 2. The zero-order chi connectivity index (χ0) is 20.8. The van der Waals surface area contributed by atoms with Crippen LogP contribution in [-0.2, 0) is 16.0 Å². The van der Waals surface area contributed by atoms with E-state index in [0.717, 1.165) is 23.3 Å². The number of fused-ring (bicyclic) bond motifs is 1. The summed E-state index contributed by atoms with van der Waals surface area (Å²) in [6, 6.07) is 8.59. The first-order valence-electron chi connectivity index (χ1n) is 8.57. The molecule has 1 heterocycles. The first-order chi connectivity index (χ1) is 13.7. The summed E-state index contributed by atoms with van der Waals surface area (Å²) in [5, 5.41) is 2.08. The minimum absolute atomic E-state index is 0.0420. The van der Waals surface area contributed by atoms with Gasteiger partial charge in [-0.1, -0.05) is 17.7 Å². The Hall–Kier alpha value is -2.94. The number of rotatable bonds is 4. The maximum Gasteiger partial charge on any atom is 0.573 e. The number of imide groups is 1. The minimum Gasteiger partial charge on any atom is -0.456 e. The lowest BCUT2D eigenvalue weighted by Crippen LogP contribution is -2.28. The third-order valence-corrected chi connectivity index (χ3v) is 4.98. The number of alkyl carbamates (subject to hydrolysis) is 1. The van der Waals surface area contributed by atoms with E-state index in [1.807, 2.05) is 0 Å². The molecule has 1 aliphatic carbocycles. The van der Waals surface area contributed by atoms with Crippen molar-refractivity contribution in [3.8, 4) is 17.2 Å². The molecule has 1 unspecified atom stereocenters. The quantitative estimate of drug-likeness (QED) is 0.766. The lowest BCUT2D eigenvalue weighted by atomic mass is 9.95. The molecular weight excluding hydrogens is 415 g/mol. The standard InChI is InChI=1S/C19H13ClF3NO5/c20-14-8-11(29-19(21,22)23)3-6-15(14)27-10-2-5-12-9(7-10)1-4-13(12)16-17(25)24-18(26)28-16/h2-3,5-8,13,16H,1,4H2,(H,24,25,26)/t13-,16?/m1/s1. The smallest absolute Gasteiger partial charge is 0.456 e. The van der Waals surface area contributed by atoms with Gasteiger partial charge in [0.15, 0.2) is 6.10 Å². The van der Waals surface area contributed by atoms with Crippen LogP contribution in [0.2, 0.25) is 5.02 Å². The Morgan fingerprint density at radius 3 is 2.52 bits per heavy atom. The SMILES string of the molecule is O=C1NC(=O)C([C@@H]2CCc3cc(Oc4ccc(OC(F)(F)F)cc4Cl)ccc32)O1. The summed E-state index contributed by atoms with van der Waals surface area (Å²) in [6.45, 7) is 0. The van der Waals surface area contributed by atoms with Gasteiger partial charge in [-0.15, -0.1) is 13.2 Å². The van der Waals surface area contributed by atoms with E-state index in [-0.39, 0.29) is 16.7 Å². The average Bonchev–Trinajstić information content (AvgIpc) is 3.18. The largest absolute Gasteiger partial charge is 0.573 e. The number of halogens is 4. The van der Waals surface area contributed by atoms with Gasteiger partial charge in [-0.3, -0.25) is 10.1 Å². The Balaban J connectivity index is 1.51. The van der Waals surface area contributed by atoms with Crippen molar-refractivity contribution in [1.29, 1.82) is 0 Å². The van der Waals surface area contributed by atoms with E-state index >= 15 is 0 Å². The van der Waals surface area contributed by atoms with Gasteiger partial charge in [0.25, 0.3) is 5.91 Å². The molecule has 10 heteroatoms. The second-order valence-corrected chi connectivity index (χ2v) is 6.97. The van der Waals surface area contributed by atoms with Gasteiger partial charge >= 0.3 is 12.5 Å². The molecule has 1 fully saturated rings. The van der Waals surface area contributed by atoms with Crippen LogP contribution in [-0.4, -0.2) is 24.5 Å². The maximum absolute atomic E-state index is 12.3. The summed E-state index contributed by atoms with van der Waals surface area (Å²) in [7, 11) is 0. The molecule has 29 heavy (non-hydrogen) atoms. The van der Waals surface area contributed by atoms with Gasteiger partial charge in [0, 0.05) is 12.0 Å². The summed E-state index contributed by atoms with van der Waals surface area (Å²) in [6.07, 6.45) is -5.13. The highest BCUT2D eigenvalue weighted by Crippen LogP contribution is 2.41. The molecule has 0 radical (unpaired) electrons. The molecule has 2 aromatic rings. The first-order valence-corrected chi connectivity index (χ1v) is 8.95. The molecule has 2 atom stereocenters. The predicted octanol–water partition coefficient (Wildman–Crippen LogP) is 4.70. The summed E-state index contributed by atoms with van der Waals surface area (Å²) in [4.78, 5) is 23.1. The molecule has 4 rings (SSSR count). The third kappa shape index (κ3) is 4.09. The third-order valence-electron chi connectivity index (χ3n) is 4.69. The van der Waals surface area contributed by atoms with Crippen molar-refractivity contribution in [2.45, 2.75) is 31.2 Å². The Labute approximate surface area is 167 Å². The molecule has 6 nitrogen and oxygen atoms in total. The van der Waals surface area contributed by atoms with Gasteiger partial charge in [-0.2, -0.15) is 0 Å². The summed E-state index contributed by atoms with van der Waals surface area (Å²) in [5.74, 6) is -0.548. The van der Waals surface area contributed by atoms with Crippen LogP contribution in [0.15, 0.2) is 36.4 Å². The first kappa shape index (κ1) is 19.4. The number of ether oxygens (including phenoxy) is 3. The van der Waals surface area contributed by atoms with E-state index in [4.69, 9.17) is 21.1 Å². The number of alkyl halides is 3. The normalized spacial score (nSPS) is 20.8. The summed E-state index contributed by atoms with van der Waals surface area (Å²) < 4.78 is 51.4. The number of hydrogen-bond acceptors (Lipinski definition) is 5. The van der Waals surface area contributed by atoms with Crippen molar-refractivity contribution >= 4 is 23.6 Å². The fourth-order valence-corrected chi connectivity index (χ4v) is 3.74. The van der Waals surface area contributed by atoms with Gasteiger partial charge < -0.3 is 14.2 Å². The Morgan fingerprint density at radius 1 is 1.10 bits per heavy atom. The molecule has 0 spiro atoms. The zero-order valence-corrected chi connectivity index (χ0v) is 15.3. The summed E-state index contributed by atoms with van der Waals surface area (Å²) >= 11 is 6.00. The van der Waals surface area contributed by atoms with Gasteiger partial charge in [0.1, 0.15) is 17.2 Å². The number of hydrogen-bond donors (Lipinski definition) is 1. The van der Waals surface area contributed by atoms with Crippen LogP contribution in [0.4, 0.5) is 18.0 Å². The van der Waals surface area contributed by atoms with Gasteiger partial charge in [-0.25, -0.2) is 4.79 Å². The predicted molar refractivity (Wildman–Crippen MR) is 94.1 cm³/mol. The van der Waals surface area contributed by atoms with Gasteiger partial charge in [0.05, 0.1) is 5.02 Å². The molecule has 1 saturated heterocycles. The van der Waals surface area contributed by atoms with Crippen molar-refractivity contribution < 1.29 is 37.0 Å². The second kappa shape index (κ2) is 7.14. The number of nitrogens with one attached hydrogen (secondary N) is 1. The van der Waals surface area contributed by atoms with E-state index < -0.39 is 30.2 Å². The van der Waals surface area contributed by atoms with Crippen LogP contribution in [0.1, 0.15) is 23.5 Å². The van der Waals surface area contributed by atoms with Crippen LogP contribution >= 0.6 is 11.6 Å². The maximum atomic E-state index is 12.3. The number of carbonyl (C=O) groups is 2. The van der Waals surface area contributed by atoms with Crippen LogP contribution in [0.5, 0.6) is 17.2 Å². The van der Waals surface area contributed by atoms with Crippen molar-refractivity contribution in [1.82, 2.24) is 5.32 Å². The van der Waals surface area contributed by atoms with Crippen LogP contribution < -0.4 is 14.8 Å². The number of benzene rings is 2. The van der Waals surface area contributed by atoms with Crippen molar-refractivity contribution in [3.63, 3.8) is 0 Å². The highest BCUT2D eigenvalue weighted by Gasteiger charge is 2.42. The molecule has 152 valence electrons. The molecular formula is C19H13ClF3NO5. The van der Waals surface area contributed by atoms with Crippen LogP contribution in [0.25, 0.3) is 0 Å². The molecule has 0 aromatic heterocycles. The zero-order valence-electron chi connectivity index (χ0n) is 14.6. The van der Waals surface area contributed by atoms with E-state index in [9.17, 15) is 22.8 Å². The van der Waals surface area contributed by atoms with E-state index in [1.165, 1.54) is 6.07 Å². The number of amides is 2. The Bertz CT molecular complexity index is 994. The number of aryl methyl sites for hydroxylation is 1. The fraction of sp³-hybridized carbons (Fsp3) is 0.263. The Kier molecular flexibility index (Phi) is 4.77. The van der Waals surface area contributed by atoms with Crippen molar-refractivity contribution in [3.05, 3.63) is 52.5 Å². The topological polar surface area (TPSA) is 73.9 Å². The molecule has 2 amide bonds. The Morgan fingerprint density at radius 2 is 1.86 bits per heavy atom. The average molecular weight is 428 g/mol. The number of cyclic esters (lactones) is 1. The summed E-state index contributed by atoms with van der Waals surface area (Å²) in [5.41, 5.74) is 1.81. The molecule has 1 aliphatic heterocycles. The van der Waals surface area contributed by atoms with E-state index in [2.05, 4.69) is 10.1 Å². The van der Waals surface area contributed by atoms with Crippen molar-refractivity contribution in [2.24, 2.45) is 0 Å². The van der Waals surface area contributed by atoms with Gasteiger partial charge in [-0.05, 0) is 48.2 Å².